The number of aromatic nitrogens is 2. The maximum atomic E-state index is 4.48. The summed E-state index contributed by atoms with van der Waals surface area (Å²) >= 11 is 0. The summed E-state index contributed by atoms with van der Waals surface area (Å²) in [6, 6.07) is 12.3. The zero-order chi connectivity index (χ0) is 10.8. The minimum Gasteiger partial charge on any atom is -0.261 e. The van der Waals surface area contributed by atoms with Crippen LogP contribution >= 0.6 is 0 Å². The van der Waals surface area contributed by atoms with Crippen molar-refractivity contribution in [2.45, 2.75) is 18.8 Å². The van der Waals surface area contributed by atoms with Gasteiger partial charge in [-0.05, 0) is 43.0 Å². The first kappa shape index (κ1) is 9.52. The molecule has 0 atom stereocenters. The Kier molecular flexibility index (Phi) is 2.41. The Morgan fingerprint density at radius 3 is 1.81 bits per heavy atom. The van der Waals surface area contributed by atoms with E-state index in [1.54, 1.807) is 0 Å². The molecule has 2 aromatic rings. The lowest BCUT2D eigenvalue weighted by Gasteiger charge is -2.14. The Labute approximate surface area is 95.4 Å². The maximum Gasteiger partial charge on any atom is 0.0496 e. The molecule has 0 N–H and O–H groups in total. The Morgan fingerprint density at radius 2 is 1.44 bits per heavy atom. The van der Waals surface area contributed by atoms with E-state index in [2.05, 4.69) is 34.2 Å². The zero-order valence-electron chi connectivity index (χ0n) is 9.08. The summed E-state index contributed by atoms with van der Waals surface area (Å²) in [4.78, 5) is 8.95. The summed E-state index contributed by atoms with van der Waals surface area (Å²) in [5, 5.41) is 0. The SMILES string of the molecule is c1ccc(C(c2ccccn2)C2CC2)nc1. The molecule has 1 saturated carbocycles. The van der Waals surface area contributed by atoms with Gasteiger partial charge in [-0.25, -0.2) is 0 Å². The van der Waals surface area contributed by atoms with E-state index in [4.69, 9.17) is 0 Å². The summed E-state index contributed by atoms with van der Waals surface area (Å²) in [5.41, 5.74) is 2.31. The molecule has 0 saturated heterocycles. The molecule has 1 fully saturated rings. The van der Waals surface area contributed by atoms with Gasteiger partial charge < -0.3 is 0 Å². The van der Waals surface area contributed by atoms with Crippen molar-refractivity contribution in [2.24, 2.45) is 5.92 Å². The van der Waals surface area contributed by atoms with E-state index in [9.17, 15) is 0 Å². The van der Waals surface area contributed by atoms with Gasteiger partial charge in [0.2, 0.25) is 0 Å². The molecule has 0 aromatic carbocycles. The Bertz CT molecular complexity index is 409. The van der Waals surface area contributed by atoms with E-state index in [0.717, 1.165) is 17.3 Å². The van der Waals surface area contributed by atoms with Gasteiger partial charge in [0.15, 0.2) is 0 Å². The van der Waals surface area contributed by atoms with Gasteiger partial charge in [0, 0.05) is 29.7 Å². The van der Waals surface area contributed by atoms with Crippen LogP contribution in [0.2, 0.25) is 0 Å². The molecule has 0 unspecified atom stereocenters. The molecule has 1 aliphatic rings. The zero-order valence-corrected chi connectivity index (χ0v) is 9.08. The lowest BCUT2D eigenvalue weighted by Crippen LogP contribution is -2.07. The lowest BCUT2D eigenvalue weighted by molar-refractivity contribution is 0.662. The van der Waals surface area contributed by atoms with E-state index in [0.29, 0.717) is 5.92 Å². The van der Waals surface area contributed by atoms with Crippen molar-refractivity contribution in [1.29, 1.82) is 0 Å². The van der Waals surface area contributed by atoms with Crippen molar-refractivity contribution in [3.8, 4) is 0 Å². The number of rotatable bonds is 3. The van der Waals surface area contributed by atoms with Gasteiger partial charge in [0.1, 0.15) is 0 Å². The topological polar surface area (TPSA) is 25.8 Å². The second-order valence-corrected chi connectivity index (χ2v) is 4.32. The second kappa shape index (κ2) is 4.05. The molecule has 1 aliphatic carbocycles. The third-order valence-electron chi connectivity index (χ3n) is 3.11. The summed E-state index contributed by atoms with van der Waals surface area (Å²) in [7, 11) is 0. The average Bonchev–Trinajstić information content (AvgIpc) is 3.17. The number of hydrogen-bond donors (Lipinski definition) is 0. The minimum atomic E-state index is 0.391. The fourth-order valence-electron chi connectivity index (χ4n) is 2.18. The van der Waals surface area contributed by atoms with Crippen LogP contribution in [0.3, 0.4) is 0 Å². The number of pyridine rings is 2. The monoisotopic (exact) mass is 210 g/mol. The van der Waals surface area contributed by atoms with Crippen LogP contribution in [0.1, 0.15) is 30.1 Å². The van der Waals surface area contributed by atoms with Gasteiger partial charge >= 0.3 is 0 Å². The van der Waals surface area contributed by atoms with Crippen LogP contribution in [0.25, 0.3) is 0 Å². The standard InChI is InChI=1S/C14H14N2/c1-3-9-15-12(5-1)14(11-7-8-11)13-6-2-4-10-16-13/h1-6,9-11,14H,7-8H2. The molecule has 0 radical (unpaired) electrons. The fourth-order valence-corrected chi connectivity index (χ4v) is 2.18. The second-order valence-electron chi connectivity index (χ2n) is 4.32. The molecule has 0 spiro atoms. The normalized spacial score (nSPS) is 15.3. The van der Waals surface area contributed by atoms with Crippen LogP contribution in [0.5, 0.6) is 0 Å². The van der Waals surface area contributed by atoms with Gasteiger partial charge in [0.25, 0.3) is 0 Å². The number of nitrogens with zero attached hydrogens (tertiary/aromatic N) is 2. The average molecular weight is 210 g/mol. The van der Waals surface area contributed by atoms with Crippen molar-refractivity contribution in [1.82, 2.24) is 9.97 Å². The van der Waals surface area contributed by atoms with Crippen LogP contribution in [-0.4, -0.2) is 9.97 Å². The smallest absolute Gasteiger partial charge is 0.0496 e. The van der Waals surface area contributed by atoms with Crippen LogP contribution in [0.4, 0.5) is 0 Å². The molecule has 2 aromatic heterocycles. The molecular formula is C14H14N2. The molecular weight excluding hydrogens is 196 g/mol. The number of hydrogen-bond acceptors (Lipinski definition) is 2. The van der Waals surface area contributed by atoms with E-state index in [1.807, 2.05) is 24.5 Å². The molecule has 2 nitrogen and oxygen atoms in total. The highest BCUT2D eigenvalue weighted by molar-refractivity contribution is 5.25. The van der Waals surface area contributed by atoms with E-state index < -0.39 is 0 Å². The third kappa shape index (κ3) is 1.83. The predicted molar refractivity (Wildman–Crippen MR) is 63.0 cm³/mol. The molecule has 3 rings (SSSR count). The fraction of sp³-hybridized carbons (Fsp3) is 0.286. The van der Waals surface area contributed by atoms with E-state index in [1.165, 1.54) is 12.8 Å². The molecule has 0 amide bonds. The molecule has 0 aliphatic heterocycles. The summed E-state index contributed by atoms with van der Waals surface area (Å²) < 4.78 is 0. The van der Waals surface area contributed by atoms with Gasteiger partial charge in [-0.15, -0.1) is 0 Å². The molecule has 16 heavy (non-hydrogen) atoms. The molecule has 0 bridgehead atoms. The lowest BCUT2D eigenvalue weighted by atomic mass is 9.95. The summed E-state index contributed by atoms with van der Waals surface area (Å²) in [6.07, 6.45) is 6.34. The van der Waals surface area contributed by atoms with Gasteiger partial charge in [-0.2, -0.15) is 0 Å². The first-order valence-corrected chi connectivity index (χ1v) is 5.77. The molecule has 2 heterocycles. The third-order valence-corrected chi connectivity index (χ3v) is 3.11. The van der Waals surface area contributed by atoms with Crippen LogP contribution in [0.15, 0.2) is 48.8 Å². The molecule has 80 valence electrons. The Balaban J connectivity index is 1.99. The Morgan fingerprint density at radius 1 is 0.875 bits per heavy atom. The van der Waals surface area contributed by atoms with Crippen molar-refractivity contribution >= 4 is 0 Å². The summed E-state index contributed by atoms with van der Waals surface area (Å²) in [6.45, 7) is 0. The van der Waals surface area contributed by atoms with Crippen LogP contribution < -0.4 is 0 Å². The van der Waals surface area contributed by atoms with Crippen molar-refractivity contribution in [3.63, 3.8) is 0 Å². The highest BCUT2D eigenvalue weighted by Gasteiger charge is 2.34. The van der Waals surface area contributed by atoms with Crippen molar-refractivity contribution in [2.75, 3.05) is 0 Å². The van der Waals surface area contributed by atoms with E-state index in [-0.39, 0.29) is 0 Å². The van der Waals surface area contributed by atoms with E-state index >= 15 is 0 Å². The highest BCUT2D eigenvalue weighted by Crippen LogP contribution is 2.44. The van der Waals surface area contributed by atoms with Crippen LogP contribution in [-0.2, 0) is 0 Å². The minimum absolute atomic E-state index is 0.391. The first-order valence-electron chi connectivity index (χ1n) is 5.77. The van der Waals surface area contributed by atoms with Crippen molar-refractivity contribution in [3.05, 3.63) is 60.2 Å². The quantitative estimate of drug-likeness (QED) is 0.778. The first-order chi connectivity index (χ1) is 7.95. The van der Waals surface area contributed by atoms with Gasteiger partial charge in [-0.1, -0.05) is 12.1 Å². The Hall–Kier alpha value is -1.70. The van der Waals surface area contributed by atoms with Crippen molar-refractivity contribution < 1.29 is 0 Å². The van der Waals surface area contributed by atoms with Gasteiger partial charge in [-0.3, -0.25) is 9.97 Å². The van der Waals surface area contributed by atoms with Gasteiger partial charge in [0.05, 0.1) is 0 Å². The van der Waals surface area contributed by atoms with Crippen LogP contribution in [0, 0.1) is 5.92 Å². The largest absolute Gasteiger partial charge is 0.261 e. The summed E-state index contributed by atoms with van der Waals surface area (Å²) in [5.74, 6) is 1.13. The maximum absolute atomic E-state index is 4.48. The predicted octanol–water partition coefficient (Wildman–Crippen LogP) is 3.02. The molecule has 2 heteroatoms. The highest BCUT2D eigenvalue weighted by atomic mass is 14.7.